The number of nitrogens with zero attached hydrogens (tertiary/aromatic N) is 3. The highest BCUT2D eigenvalue weighted by molar-refractivity contribution is 5.97. The number of amides is 1. The van der Waals surface area contributed by atoms with Crippen molar-refractivity contribution in [3.63, 3.8) is 0 Å². The van der Waals surface area contributed by atoms with Crippen LogP contribution >= 0.6 is 0 Å². The lowest BCUT2D eigenvalue weighted by Crippen LogP contribution is -2.50. The molecule has 12 nitrogen and oxygen atoms in total. The molecule has 0 spiro atoms. The number of anilines is 1. The van der Waals surface area contributed by atoms with Crippen molar-refractivity contribution in [1.29, 1.82) is 0 Å². The zero-order valence-electron chi connectivity index (χ0n) is 18.3. The van der Waals surface area contributed by atoms with Gasteiger partial charge in [0.25, 0.3) is 0 Å². The molecule has 4 atom stereocenters. The van der Waals surface area contributed by atoms with Crippen LogP contribution in [0.2, 0.25) is 0 Å². The predicted molar refractivity (Wildman–Crippen MR) is 108 cm³/mol. The van der Waals surface area contributed by atoms with E-state index in [4.69, 9.17) is 18.9 Å². The Morgan fingerprint density at radius 2 is 1.84 bits per heavy atom. The van der Waals surface area contributed by atoms with E-state index in [1.54, 1.807) is 23.8 Å². The minimum atomic E-state index is -1.49. The fourth-order valence-corrected chi connectivity index (χ4v) is 3.77. The maximum absolute atomic E-state index is 12.0. The van der Waals surface area contributed by atoms with Crippen LogP contribution in [-0.4, -0.2) is 62.8 Å². The summed E-state index contributed by atoms with van der Waals surface area (Å²) in [6.45, 7) is 6.35. The van der Waals surface area contributed by atoms with Crippen LogP contribution in [0, 0.1) is 0 Å². The molecule has 0 radical (unpaired) electrons. The number of fused-ring (bicyclic) bond motifs is 1. The summed E-state index contributed by atoms with van der Waals surface area (Å²) in [5, 5.41) is 3.14. The molecule has 1 aliphatic rings. The normalized spacial score (nSPS) is 24.7. The summed E-state index contributed by atoms with van der Waals surface area (Å²) >= 11 is 0. The van der Waals surface area contributed by atoms with Gasteiger partial charge in [0.05, 0.1) is 5.39 Å². The highest BCUT2D eigenvalue weighted by Gasteiger charge is 2.60. The van der Waals surface area contributed by atoms with Crippen molar-refractivity contribution >= 4 is 40.7 Å². The molecule has 0 saturated carbocycles. The van der Waals surface area contributed by atoms with E-state index in [9.17, 15) is 19.2 Å². The standard InChI is InChI=1S/C20H24N4O8/c1-10(25)23-17-14-6-7-24(18(14)22-9-21-17)19-20(5,32-13(4)28)16(30-12(3)27)15(31-19)8-29-11(2)26/h6-7,9,15-16,19H,8H2,1-5H3,(H,21,22,23,25)/t15-,16-,19?,20-/m1/s1. The van der Waals surface area contributed by atoms with Crippen molar-refractivity contribution in [2.24, 2.45) is 0 Å². The number of nitrogens with one attached hydrogen (secondary N) is 1. The number of carbonyl (C=O) groups is 4. The van der Waals surface area contributed by atoms with Gasteiger partial charge in [-0.05, 0) is 13.0 Å². The summed E-state index contributed by atoms with van der Waals surface area (Å²) in [6, 6.07) is 1.67. The second-order valence-corrected chi connectivity index (χ2v) is 7.50. The molecule has 0 bridgehead atoms. The van der Waals surface area contributed by atoms with Gasteiger partial charge in [-0.15, -0.1) is 0 Å². The minimum absolute atomic E-state index is 0.230. The maximum atomic E-state index is 12.0. The second kappa shape index (κ2) is 8.91. The van der Waals surface area contributed by atoms with Gasteiger partial charge in [-0.3, -0.25) is 19.2 Å². The van der Waals surface area contributed by atoms with Crippen LogP contribution < -0.4 is 5.32 Å². The molecule has 1 saturated heterocycles. The van der Waals surface area contributed by atoms with Crippen LogP contribution in [0.3, 0.4) is 0 Å². The van der Waals surface area contributed by atoms with Crippen molar-refractivity contribution < 1.29 is 38.1 Å². The molecule has 32 heavy (non-hydrogen) atoms. The van der Waals surface area contributed by atoms with Crippen LogP contribution in [0.1, 0.15) is 40.8 Å². The van der Waals surface area contributed by atoms with E-state index in [0.29, 0.717) is 16.9 Å². The predicted octanol–water partition coefficient (Wildman–Crippen LogP) is 1.10. The van der Waals surface area contributed by atoms with Gasteiger partial charge in [-0.25, -0.2) is 9.97 Å². The molecule has 2 aromatic heterocycles. The fourth-order valence-electron chi connectivity index (χ4n) is 3.77. The number of ether oxygens (including phenoxy) is 4. The molecule has 12 heteroatoms. The van der Waals surface area contributed by atoms with Crippen molar-refractivity contribution in [2.75, 3.05) is 11.9 Å². The maximum Gasteiger partial charge on any atom is 0.303 e. The molecule has 172 valence electrons. The summed E-state index contributed by atoms with van der Waals surface area (Å²) in [5.41, 5.74) is -1.12. The zero-order chi connectivity index (χ0) is 23.6. The smallest absolute Gasteiger partial charge is 0.303 e. The van der Waals surface area contributed by atoms with Gasteiger partial charge in [0.1, 0.15) is 30.5 Å². The minimum Gasteiger partial charge on any atom is -0.463 e. The molecular weight excluding hydrogens is 424 g/mol. The SMILES string of the molecule is CC(=O)Nc1ncnc2c1ccn2C1O[C@H](COC(C)=O)[C@@H](OC(C)=O)[C@@]1(C)OC(C)=O. The molecule has 3 rings (SSSR count). The van der Waals surface area contributed by atoms with Crippen LogP contribution in [0.25, 0.3) is 11.0 Å². The lowest BCUT2D eigenvalue weighted by atomic mass is 9.95. The van der Waals surface area contributed by atoms with E-state index in [-0.39, 0.29) is 12.5 Å². The summed E-state index contributed by atoms with van der Waals surface area (Å²) in [6.07, 6.45) is -0.124. The summed E-state index contributed by atoms with van der Waals surface area (Å²) in [7, 11) is 0. The lowest BCUT2D eigenvalue weighted by Gasteiger charge is -2.34. The third kappa shape index (κ3) is 4.54. The van der Waals surface area contributed by atoms with Gasteiger partial charge in [0, 0.05) is 33.9 Å². The van der Waals surface area contributed by atoms with E-state index in [2.05, 4.69) is 15.3 Å². The average molecular weight is 448 g/mol. The summed E-state index contributed by atoms with van der Waals surface area (Å²) in [5.74, 6) is -1.82. The molecule has 3 heterocycles. The van der Waals surface area contributed by atoms with E-state index in [0.717, 1.165) is 0 Å². The first-order valence-electron chi connectivity index (χ1n) is 9.77. The molecule has 2 aromatic rings. The number of aromatic nitrogens is 3. The largest absolute Gasteiger partial charge is 0.463 e. The monoisotopic (exact) mass is 448 g/mol. The Balaban J connectivity index is 2.10. The second-order valence-electron chi connectivity index (χ2n) is 7.50. The van der Waals surface area contributed by atoms with E-state index in [1.807, 2.05) is 0 Å². The Hall–Kier alpha value is -3.54. The van der Waals surface area contributed by atoms with Crippen LogP contribution in [-0.2, 0) is 38.1 Å². The number of hydrogen-bond acceptors (Lipinski definition) is 10. The van der Waals surface area contributed by atoms with E-state index < -0.39 is 41.9 Å². The van der Waals surface area contributed by atoms with Gasteiger partial charge in [-0.2, -0.15) is 0 Å². The van der Waals surface area contributed by atoms with Crippen LogP contribution in [0.4, 0.5) is 5.82 Å². The number of hydrogen-bond donors (Lipinski definition) is 1. The van der Waals surface area contributed by atoms with Gasteiger partial charge >= 0.3 is 17.9 Å². The Bertz CT molecular complexity index is 1070. The lowest BCUT2D eigenvalue weighted by molar-refractivity contribution is -0.184. The zero-order valence-corrected chi connectivity index (χ0v) is 18.3. The van der Waals surface area contributed by atoms with Gasteiger partial charge < -0.3 is 28.8 Å². The van der Waals surface area contributed by atoms with Gasteiger partial charge in [0.2, 0.25) is 5.91 Å². The Kier molecular flexibility index (Phi) is 6.44. The summed E-state index contributed by atoms with van der Waals surface area (Å²) in [4.78, 5) is 55.0. The first kappa shape index (κ1) is 23.1. The van der Waals surface area contributed by atoms with E-state index in [1.165, 1.54) is 34.0 Å². The highest BCUT2D eigenvalue weighted by atomic mass is 16.7. The number of carbonyl (C=O) groups excluding carboxylic acids is 4. The van der Waals surface area contributed by atoms with Gasteiger partial charge in [-0.1, -0.05) is 0 Å². The summed E-state index contributed by atoms with van der Waals surface area (Å²) < 4.78 is 23.8. The Labute approximate surface area is 183 Å². The number of rotatable bonds is 6. The highest BCUT2D eigenvalue weighted by Crippen LogP contribution is 2.44. The van der Waals surface area contributed by atoms with Crippen molar-refractivity contribution in [3.8, 4) is 0 Å². The van der Waals surface area contributed by atoms with Crippen molar-refractivity contribution in [1.82, 2.24) is 14.5 Å². The molecule has 1 aliphatic heterocycles. The average Bonchev–Trinajstić information content (AvgIpc) is 3.19. The third-order valence-electron chi connectivity index (χ3n) is 4.86. The van der Waals surface area contributed by atoms with Crippen molar-refractivity contribution in [2.45, 2.75) is 58.7 Å². The Morgan fingerprint density at radius 1 is 1.12 bits per heavy atom. The molecule has 1 fully saturated rings. The third-order valence-corrected chi connectivity index (χ3v) is 4.86. The first-order valence-corrected chi connectivity index (χ1v) is 9.77. The topological polar surface area (TPSA) is 148 Å². The molecule has 1 amide bonds. The molecule has 1 unspecified atom stereocenters. The van der Waals surface area contributed by atoms with Gasteiger partial charge in [0.15, 0.2) is 17.9 Å². The quantitative estimate of drug-likeness (QED) is 0.503. The Morgan fingerprint density at radius 3 is 2.44 bits per heavy atom. The van der Waals surface area contributed by atoms with E-state index >= 15 is 0 Å². The molecule has 0 aromatic carbocycles. The van der Waals surface area contributed by atoms with Crippen molar-refractivity contribution in [3.05, 3.63) is 18.6 Å². The molecule has 1 N–H and O–H groups in total. The molecular formula is C20H24N4O8. The first-order chi connectivity index (χ1) is 15.0. The molecule has 0 aliphatic carbocycles. The number of esters is 3. The fraction of sp³-hybridized carbons (Fsp3) is 0.500. The van der Waals surface area contributed by atoms with Crippen LogP contribution in [0.5, 0.6) is 0 Å². The van der Waals surface area contributed by atoms with Crippen LogP contribution in [0.15, 0.2) is 18.6 Å².